The molecule has 1 aromatic rings. The number of esters is 1. The van der Waals surface area contributed by atoms with E-state index in [1.165, 1.54) is 13.2 Å². The Morgan fingerprint density at radius 3 is 2.52 bits per heavy atom. The molecule has 3 aliphatic rings. The highest BCUT2D eigenvalue weighted by atomic mass is 19.3. The van der Waals surface area contributed by atoms with Gasteiger partial charge in [0.2, 0.25) is 0 Å². The van der Waals surface area contributed by atoms with Gasteiger partial charge in [-0.15, -0.1) is 0 Å². The molecule has 29 heavy (non-hydrogen) atoms. The molecule has 1 heterocycles. The molecular formula is C21H27F2NO5. The fourth-order valence-corrected chi connectivity index (χ4v) is 3.60. The van der Waals surface area contributed by atoms with Gasteiger partial charge in [-0.05, 0) is 61.6 Å². The molecule has 0 spiro atoms. The van der Waals surface area contributed by atoms with Crippen LogP contribution in [0.2, 0.25) is 0 Å². The maximum atomic E-state index is 12.7. The minimum absolute atomic E-state index is 0.00202. The maximum Gasteiger partial charge on any atom is 0.387 e. The van der Waals surface area contributed by atoms with Crippen LogP contribution in [0.1, 0.15) is 43.6 Å². The summed E-state index contributed by atoms with van der Waals surface area (Å²) >= 11 is 0. The molecular weight excluding hydrogens is 384 g/mol. The lowest BCUT2D eigenvalue weighted by Crippen LogP contribution is -2.37. The first-order chi connectivity index (χ1) is 14.0. The number of carbonyl (C=O) groups is 1. The zero-order valence-corrected chi connectivity index (χ0v) is 16.5. The standard InChI is InChI=1S/C21H27F2NO5/c1-26-20(25)17-8-16(10-24(17)28-12-14-4-5-14)15-6-7-18(29-21(22)23)19(9-15)27-11-13-2-3-13/h6-7,9,13-14,16-17,21H,2-5,8,10-12H2,1H3. The number of alkyl halides is 2. The van der Waals surface area contributed by atoms with Gasteiger partial charge in [0.05, 0.1) is 20.3 Å². The van der Waals surface area contributed by atoms with Crippen molar-refractivity contribution in [2.75, 3.05) is 26.9 Å². The van der Waals surface area contributed by atoms with Gasteiger partial charge in [0.25, 0.3) is 0 Å². The van der Waals surface area contributed by atoms with Crippen LogP contribution >= 0.6 is 0 Å². The summed E-state index contributed by atoms with van der Waals surface area (Å²) in [5, 5.41) is 1.71. The fraction of sp³-hybridized carbons (Fsp3) is 0.667. The molecule has 1 aromatic carbocycles. The number of nitrogens with zero attached hydrogens (tertiary/aromatic N) is 1. The van der Waals surface area contributed by atoms with Crippen LogP contribution in [0.4, 0.5) is 8.78 Å². The van der Waals surface area contributed by atoms with Crippen LogP contribution in [0.15, 0.2) is 18.2 Å². The molecule has 1 saturated heterocycles. The van der Waals surface area contributed by atoms with Crippen molar-refractivity contribution in [1.29, 1.82) is 0 Å². The molecule has 160 valence electrons. The molecule has 2 unspecified atom stereocenters. The smallest absolute Gasteiger partial charge is 0.387 e. The van der Waals surface area contributed by atoms with Gasteiger partial charge in [0.15, 0.2) is 11.5 Å². The topological polar surface area (TPSA) is 57.2 Å². The lowest BCUT2D eigenvalue weighted by molar-refractivity contribution is -0.190. The number of halogens is 2. The zero-order valence-electron chi connectivity index (χ0n) is 16.5. The molecule has 4 rings (SSSR count). The second-order valence-corrected chi connectivity index (χ2v) is 8.15. The molecule has 1 aliphatic heterocycles. The van der Waals surface area contributed by atoms with E-state index in [2.05, 4.69) is 4.74 Å². The average molecular weight is 411 g/mol. The summed E-state index contributed by atoms with van der Waals surface area (Å²) in [6.45, 7) is -1.28. The van der Waals surface area contributed by atoms with Gasteiger partial charge in [0.1, 0.15) is 6.04 Å². The Balaban J connectivity index is 1.49. The van der Waals surface area contributed by atoms with Crippen molar-refractivity contribution in [2.45, 2.75) is 50.7 Å². The van der Waals surface area contributed by atoms with Gasteiger partial charge in [-0.1, -0.05) is 6.07 Å². The molecule has 0 amide bonds. The monoisotopic (exact) mass is 411 g/mol. The van der Waals surface area contributed by atoms with Gasteiger partial charge in [-0.25, -0.2) is 0 Å². The van der Waals surface area contributed by atoms with Crippen molar-refractivity contribution in [3.05, 3.63) is 23.8 Å². The number of methoxy groups -OCH3 is 1. The molecule has 2 atom stereocenters. The second kappa shape index (κ2) is 8.83. The van der Waals surface area contributed by atoms with Crippen molar-refractivity contribution in [3.63, 3.8) is 0 Å². The van der Waals surface area contributed by atoms with Crippen molar-refractivity contribution in [1.82, 2.24) is 5.06 Å². The molecule has 0 aromatic heterocycles. The molecule has 8 heteroatoms. The Morgan fingerprint density at radius 1 is 1.14 bits per heavy atom. The van der Waals surface area contributed by atoms with E-state index >= 15 is 0 Å². The van der Waals surface area contributed by atoms with E-state index in [-0.39, 0.29) is 17.6 Å². The number of hydrogen-bond donors (Lipinski definition) is 0. The van der Waals surface area contributed by atoms with Gasteiger partial charge in [-0.3, -0.25) is 9.63 Å². The van der Waals surface area contributed by atoms with Crippen molar-refractivity contribution < 1.29 is 32.6 Å². The van der Waals surface area contributed by atoms with Crippen LogP contribution in [0.3, 0.4) is 0 Å². The number of carbonyl (C=O) groups excluding carboxylic acids is 1. The van der Waals surface area contributed by atoms with Crippen molar-refractivity contribution in [2.24, 2.45) is 11.8 Å². The highest BCUT2D eigenvalue weighted by Crippen LogP contribution is 2.39. The van der Waals surface area contributed by atoms with Crippen LogP contribution in [-0.2, 0) is 14.4 Å². The first-order valence-electron chi connectivity index (χ1n) is 10.2. The summed E-state index contributed by atoms with van der Waals surface area (Å²) in [6, 6.07) is 4.55. The fourth-order valence-electron chi connectivity index (χ4n) is 3.60. The molecule has 0 radical (unpaired) electrons. The number of ether oxygens (including phenoxy) is 3. The number of hydrogen-bond acceptors (Lipinski definition) is 6. The van der Waals surface area contributed by atoms with Crippen molar-refractivity contribution >= 4 is 5.97 Å². The summed E-state index contributed by atoms with van der Waals surface area (Å²) in [7, 11) is 1.37. The quantitative estimate of drug-likeness (QED) is 0.547. The van der Waals surface area contributed by atoms with Gasteiger partial charge in [-0.2, -0.15) is 13.8 Å². The van der Waals surface area contributed by atoms with Gasteiger partial charge in [0, 0.05) is 12.5 Å². The van der Waals surface area contributed by atoms with E-state index in [1.54, 1.807) is 17.2 Å². The highest BCUT2D eigenvalue weighted by Gasteiger charge is 2.40. The number of rotatable bonds is 10. The van der Waals surface area contributed by atoms with E-state index < -0.39 is 12.7 Å². The zero-order chi connectivity index (χ0) is 20.4. The lowest BCUT2D eigenvalue weighted by atomic mass is 9.96. The lowest BCUT2D eigenvalue weighted by Gasteiger charge is -2.21. The van der Waals surface area contributed by atoms with Crippen LogP contribution in [-0.4, -0.2) is 50.6 Å². The third kappa shape index (κ3) is 5.36. The minimum atomic E-state index is -2.91. The number of benzene rings is 1. The Bertz CT molecular complexity index is 723. The largest absolute Gasteiger partial charge is 0.489 e. The Labute approximate surface area is 169 Å². The van der Waals surface area contributed by atoms with Crippen LogP contribution in [0.5, 0.6) is 11.5 Å². The third-order valence-electron chi connectivity index (χ3n) is 5.73. The predicted octanol–water partition coefficient (Wildman–Crippen LogP) is 3.75. The van der Waals surface area contributed by atoms with E-state index in [0.29, 0.717) is 43.8 Å². The van der Waals surface area contributed by atoms with E-state index in [0.717, 1.165) is 31.2 Å². The molecule has 0 bridgehead atoms. The van der Waals surface area contributed by atoms with E-state index in [1.807, 2.05) is 0 Å². The van der Waals surface area contributed by atoms with E-state index in [4.69, 9.17) is 14.3 Å². The summed E-state index contributed by atoms with van der Waals surface area (Å²) in [5.41, 5.74) is 0.906. The third-order valence-corrected chi connectivity index (χ3v) is 5.73. The van der Waals surface area contributed by atoms with Crippen LogP contribution in [0.25, 0.3) is 0 Å². The molecule has 6 nitrogen and oxygen atoms in total. The molecule has 0 N–H and O–H groups in total. The van der Waals surface area contributed by atoms with Gasteiger partial charge < -0.3 is 14.2 Å². The van der Waals surface area contributed by atoms with Crippen molar-refractivity contribution in [3.8, 4) is 11.5 Å². The first-order valence-corrected chi connectivity index (χ1v) is 10.2. The van der Waals surface area contributed by atoms with Crippen LogP contribution in [0, 0.1) is 11.8 Å². The first kappa shape index (κ1) is 20.3. The summed E-state index contributed by atoms with van der Waals surface area (Å²) in [6.07, 6.45) is 5.05. The molecule has 2 aliphatic carbocycles. The average Bonchev–Trinajstić information content (AvgIpc) is 3.63. The summed E-state index contributed by atoms with van der Waals surface area (Å²) in [4.78, 5) is 18.1. The highest BCUT2D eigenvalue weighted by molar-refractivity contribution is 5.76. The Hall–Kier alpha value is -1.93. The Kier molecular flexibility index (Phi) is 6.20. The summed E-state index contributed by atoms with van der Waals surface area (Å²) < 4.78 is 40.8. The second-order valence-electron chi connectivity index (χ2n) is 8.15. The predicted molar refractivity (Wildman–Crippen MR) is 99.8 cm³/mol. The Morgan fingerprint density at radius 2 is 1.86 bits per heavy atom. The van der Waals surface area contributed by atoms with Gasteiger partial charge >= 0.3 is 12.6 Å². The molecule has 2 saturated carbocycles. The molecule has 3 fully saturated rings. The summed E-state index contributed by atoms with van der Waals surface area (Å²) in [5.74, 6) is 1.09. The maximum absolute atomic E-state index is 12.7. The minimum Gasteiger partial charge on any atom is -0.489 e. The normalized spacial score (nSPS) is 24.7. The van der Waals surface area contributed by atoms with Crippen LogP contribution < -0.4 is 9.47 Å². The van der Waals surface area contributed by atoms with E-state index in [9.17, 15) is 13.6 Å². The SMILES string of the molecule is COC(=O)C1CC(c2ccc(OC(F)F)c(OCC3CC3)c2)CN1OCC1CC1. The number of hydroxylamine groups is 2.